The van der Waals surface area contributed by atoms with Crippen molar-refractivity contribution in [2.75, 3.05) is 40.3 Å². The number of nitrogens with zero attached hydrogens (tertiary/aromatic N) is 5. The molecule has 0 aromatic carbocycles. The Morgan fingerprint density at radius 2 is 2.10 bits per heavy atom. The average molecular weight is 401 g/mol. The van der Waals surface area contributed by atoms with Gasteiger partial charge in [-0.15, -0.1) is 0 Å². The SMILES string of the molecule is CO[n+]1ccc(CC(=O)N2CCN(C)CC2C(=O)NCCCn2ccnc2)cc1. The van der Waals surface area contributed by atoms with Crippen molar-refractivity contribution in [3.8, 4) is 0 Å². The predicted octanol–water partition coefficient (Wildman–Crippen LogP) is -0.879. The van der Waals surface area contributed by atoms with E-state index in [1.807, 2.05) is 29.9 Å². The summed E-state index contributed by atoms with van der Waals surface area (Å²) >= 11 is 0. The van der Waals surface area contributed by atoms with Crippen LogP contribution in [0, 0.1) is 0 Å². The van der Waals surface area contributed by atoms with Crippen LogP contribution in [-0.4, -0.2) is 77.5 Å². The summed E-state index contributed by atoms with van der Waals surface area (Å²) in [7, 11) is 3.55. The topological polar surface area (TPSA) is 83.6 Å². The largest absolute Gasteiger partial charge is 0.354 e. The Balaban J connectivity index is 1.55. The number of hydrogen-bond donors (Lipinski definition) is 1. The number of imidazole rings is 1. The van der Waals surface area contributed by atoms with Gasteiger partial charge in [0.15, 0.2) is 0 Å². The van der Waals surface area contributed by atoms with Gasteiger partial charge >= 0.3 is 0 Å². The van der Waals surface area contributed by atoms with E-state index in [4.69, 9.17) is 4.84 Å². The lowest BCUT2D eigenvalue weighted by Crippen LogP contribution is -2.60. The maximum absolute atomic E-state index is 12.9. The Bertz CT molecular complexity index is 793. The molecule has 3 heterocycles. The summed E-state index contributed by atoms with van der Waals surface area (Å²) in [5.74, 6) is -0.132. The number of piperazine rings is 1. The number of hydrogen-bond acceptors (Lipinski definition) is 5. The summed E-state index contributed by atoms with van der Waals surface area (Å²) in [6.45, 7) is 3.21. The third-order valence-corrected chi connectivity index (χ3v) is 5.10. The molecule has 1 saturated heterocycles. The van der Waals surface area contributed by atoms with E-state index in [9.17, 15) is 9.59 Å². The lowest BCUT2D eigenvalue weighted by Gasteiger charge is -2.39. The highest BCUT2D eigenvalue weighted by atomic mass is 16.6. The molecule has 0 radical (unpaired) electrons. The Hall–Kier alpha value is -2.94. The van der Waals surface area contributed by atoms with Crippen molar-refractivity contribution in [2.45, 2.75) is 25.4 Å². The average Bonchev–Trinajstić information content (AvgIpc) is 3.25. The number of rotatable bonds is 8. The van der Waals surface area contributed by atoms with Gasteiger partial charge in [0, 0.05) is 62.0 Å². The third kappa shape index (κ3) is 5.77. The summed E-state index contributed by atoms with van der Waals surface area (Å²) in [4.78, 5) is 38.6. The second-order valence-corrected chi connectivity index (χ2v) is 7.24. The van der Waals surface area contributed by atoms with Crippen LogP contribution in [0.1, 0.15) is 12.0 Å². The molecule has 0 spiro atoms. The van der Waals surface area contributed by atoms with Crippen LogP contribution in [0.5, 0.6) is 0 Å². The van der Waals surface area contributed by atoms with E-state index in [1.54, 1.807) is 41.7 Å². The zero-order valence-corrected chi connectivity index (χ0v) is 17.0. The fraction of sp³-hybridized carbons (Fsp3) is 0.500. The standard InChI is InChI=1S/C20H28N6O3/c1-23-12-13-26(19(27)14-17-4-9-25(29-2)10-5-17)18(15-23)20(28)22-6-3-8-24-11-7-21-16-24/h4-5,7,9-11,16,18H,3,6,8,12-15H2,1-2H3/p+1. The number of aryl methyl sites for hydroxylation is 1. The molecule has 0 bridgehead atoms. The molecule has 156 valence electrons. The van der Waals surface area contributed by atoms with E-state index in [2.05, 4.69) is 15.2 Å². The molecule has 29 heavy (non-hydrogen) atoms. The molecule has 2 aromatic rings. The van der Waals surface area contributed by atoms with Crippen molar-refractivity contribution < 1.29 is 19.2 Å². The number of carbonyl (C=O) groups is 2. The molecule has 1 aliphatic heterocycles. The summed E-state index contributed by atoms with van der Waals surface area (Å²) < 4.78 is 3.54. The number of amides is 2. The van der Waals surface area contributed by atoms with Crippen LogP contribution in [0.3, 0.4) is 0 Å². The van der Waals surface area contributed by atoms with E-state index in [1.165, 1.54) is 0 Å². The van der Waals surface area contributed by atoms with Gasteiger partial charge in [-0.05, 0) is 19.0 Å². The van der Waals surface area contributed by atoms with Gasteiger partial charge in [0.25, 0.3) is 0 Å². The number of pyridine rings is 1. The van der Waals surface area contributed by atoms with Gasteiger partial charge in [-0.3, -0.25) is 14.4 Å². The van der Waals surface area contributed by atoms with Crippen molar-refractivity contribution in [1.29, 1.82) is 0 Å². The van der Waals surface area contributed by atoms with Crippen molar-refractivity contribution in [2.24, 2.45) is 0 Å². The quantitative estimate of drug-likeness (QED) is 0.459. The molecular formula is C20H29N6O3+. The van der Waals surface area contributed by atoms with Gasteiger partial charge in [-0.2, -0.15) is 0 Å². The van der Waals surface area contributed by atoms with Crippen LogP contribution in [0.25, 0.3) is 0 Å². The van der Waals surface area contributed by atoms with E-state index >= 15 is 0 Å². The predicted molar refractivity (Wildman–Crippen MR) is 106 cm³/mol. The minimum absolute atomic E-state index is 0.0353. The van der Waals surface area contributed by atoms with Crippen molar-refractivity contribution >= 4 is 11.8 Å². The highest BCUT2D eigenvalue weighted by Crippen LogP contribution is 2.12. The molecule has 9 heteroatoms. The van der Waals surface area contributed by atoms with E-state index < -0.39 is 6.04 Å². The van der Waals surface area contributed by atoms with Crippen LogP contribution in [0.2, 0.25) is 0 Å². The maximum atomic E-state index is 12.9. The molecule has 1 aliphatic rings. The molecule has 1 unspecified atom stereocenters. The summed E-state index contributed by atoms with van der Waals surface area (Å²) in [6.07, 6.45) is 9.99. The van der Waals surface area contributed by atoms with E-state index in [0.29, 0.717) is 19.6 Å². The zero-order chi connectivity index (χ0) is 20.6. The maximum Gasteiger partial charge on any atom is 0.244 e. The van der Waals surface area contributed by atoms with Crippen LogP contribution >= 0.6 is 0 Å². The third-order valence-electron chi connectivity index (χ3n) is 5.10. The van der Waals surface area contributed by atoms with Crippen LogP contribution in [0.4, 0.5) is 0 Å². The van der Waals surface area contributed by atoms with Gasteiger partial charge in [0.05, 0.1) is 12.7 Å². The zero-order valence-electron chi connectivity index (χ0n) is 17.0. The van der Waals surface area contributed by atoms with Gasteiger partial charge in [-0.25, -0.2) is 4.98 Å². The molecule has 9 nitrogen and oxygen atoms in total. The normalized spacial score (nSPS) is 17.2. The second kappa shape index (κ2) is 10.0. The summed E-state index contributed by atoms with van der Waals surface area (Å²) in [5.41, 5.74) is 0.890. The first-order chi connectivity index (χ1) is 14.1. The van der Waals surface area contributed by atoms with E-state index in [0.717, 1.165) is 25.1 Å². The molecular weight excluding hydrogens is 372 g/mol. The van der Waals surface area contributed by atoms with Gasteiger partial charge in [0.1, 0.15) is 13.2 Å². The first-order valence-electron chi connectivity index (χ1n) is 9.83. The smallest absolute Gasteiger partial charge is 0.244 e. The fourth-order valence-electron chi connectivity index (χ4n) is 3.41. The highest BCUT2D eigenvalue weighted by molar-refractivity contribution is 5.88. The molecule has 3 rings (SSSR count). The molecule has 1 atom stereocenters. The lowest BCUT2D eigenvalue weighted by atomic mass is 10.1. The monoisotopic (exact) mass is 401 g/mol. The van der Waals surface area contributed by atoms with Crippen molar-refractivity contribution in [1.82, 2.24) is 24.7 Å². The Morgan fingerprint density at radius 1 is 1.31 bits per heavy atom. The minimum Gasteiger partial charge on any atom is -0.354 e. The lowest BCUT2D eigenvalue weighted by molar-refractivity contribution is -0.885. The van der Waals surface area contributed by atoms with Crippen molar-refractivity contribution in [3.63, 3.8) is 0 Å². The molecule has 2 amide bonds. The number of likely N-dealkylation sites (N-methyl/N-ethyl adjacent to an activating group) is 1. The molecule has 0 saturated carbocycles. The summed E-state index contributed by atoms with van der Waals surface area (Å²) in [5, 5.41) is 2.99. The van der Waals surface area contributed by atoms with Crippen molar-refractivity contribution in [3.05, 3.63) is 48.8 Å². The van der Waals surface area contributed by atoms with Gasteiger partial charge in [-0.1, -0.05) is 0 Å². The molecule has 1 fully saturated rings. The van der Waals surface area contributed by atoms with Crippen LogP contribution in [0.15, 0.2) is 43.2 Å². The number of nitrogens with one attached hydrogen (secondary N) is 1. The first-order valence-corrected chi connectivity index (χ1v) is 9.83. The van der Waals surface area contributed by atoms with Gasteiger partial charge in [0.2, 0.25) is 24.2 Å². The van der Waals surface area contributed by atoms with E-state index in [-0.39, 0.29) is 18.2 Å². The minimum atomic E-state index is -0.470. The van der Waals surface area contributed by atoms with Crippen LogP contribution < -0.4 is 14.9 Å². The Labute approximate surface area is 170 Å². The Morgan fingerprint density at radius 3 is 2.79 bits per heavy atom. The fourth-order valence-corrected chi connectivity index (χ4v) is 3.41. The number of aromatic nitrogens is 3. The van der Waals surface area contributed by atoms with Crippen LogP contribution in [-0.2, 0) is 22.6 Å². The highest BCUT2D eigenvalue weighted by Gasteiger charge is 2.33. The molecule has 1 N–H and O–H groups in total. The number of carbonyl (C=O) groups excluding carboxylic acids is 2. The second-order valence-electron chi connectivity index (χ2n) is 7.24. The summed E-state index contributed by atoms with van der Waals surface area (Å²) in [6, 6.07) is 3.23. The molecule has 0 aliphatic carbocycles. The first kappa shape index (κ1) is 20.8. The van der Waals surface area contributed by atoms with Gasteiger partial charge < -0.3 is 19.7 Å². The Kier molecular flexibility index (Phi) is 7.18. The molecule has 2 aromatic heterocycles.